The number of amides is 2. The predicted molar refractivity (Wildman–Crippen MR) is 92.6 cm³/mol. The van der Waals surface area contributed by atoms with Crippen LogP contribution in [0, 0.1) is 20.8 Å². The minimum Gasteiger partial charge on any atom is -0.484 e. The van der Waals surface area contributed by atoms with Crippen molar-refractivity contribution in [1.82, 2.24) is 10.9 Å². The Labute approximate surface area is 142 Å². The average molecular weight is 326 g/mol. The Morgan fingerprint density at radius 1 is 0.833 bits per heavy atom. The standard InChI is InChI=1S/C19H22N2O3/c1-13-4-6-16(7-5-13)11-18(22)20-21-19(23)12-24-17-9-14(2)8-15(3)10-17/h4-10H,11-12H2,1-3H3,(H,20,22)(H,21,23). The van der Waals surface area contributed by atoms with E-state index in [0.717, 1.165) is 22.3 Å². The molecule has 0 spiro atoms. The van der Waals surface area contributed by atoms with Gasteiger partial charge in [0.2, 0.25) is 5.91 Å². The minimum absolute atomic E-state index is 0.159. The van der Waals surface area contributed by atoms with Crippen LogP contribution in [-0.4, -0.2) is 18.4 Å². The molecule has 0 radical (unpaired) electrons. The highest BCUT2D eigenvalue weighted by Gasteiger charge is 2.07. The van der Waals surface area contributed by atoms with Crippen molar-refractivity contribution in [2.75, 3.05) is 6.61 Å². The van der Waals surface area contributed by atoms with Gasteiger partial charge in [-0.25, -0.2) is 0 Å². The molecular formula is C19H22N2O3. The van der Waals surface area contributed by atoms with Crippen molar-refractivity contribution >= 4 is 11.8 Å². The van der Waals surface area contributed by atoms with Gasteiger partial charge < -0.3 is 4.74 Å². The highest BCUT2D eigenvalue weighted by Crippen LogP contribution is 2.15. The van der Waals surface area contributed by atoms with Gasteiger partial charge in [0.25, 0.3) is 5.91 Å². The number of ether oxygens (including phenoxy) is 1. The maximum Gasteiger partial charge on any atom is 0.276 e. The fourth-order valence-electron chi connectivity index (χ4n) is 2.28. The summed E-state index contributed by atoms with van der Waals surface area (Å²) < 4.78 is 5.43. The molecule has 2 rings (SSSR count). The molecular weight excluding hydrogens is 304 g/mol. The zero-order chi connectivity index (χ0) is 17.5. The number of hydrogen-bond donors (Lipinski definition) is 2. The summed E-state index contributed by atoms with van der Waals surface area (Å²) in [6.45, 7) is 5.75. The molecule has 2 amide bonds. The molecule has 0 heterocycles. The number of benzene rings is 2. The van der Waals surface area contributed by atoms with Crippen molar-refractivity contribution in [3.8, 4) is 5.75 Å². The van der Waals surface area contributed by atoms with Crippen LogP contribution in [0.5, 0.6) is 5.75 Å². The van der Waals surface area contributed by atoms with Crippen molar-refractivity contribution in [1.29, 1.82) is 0 Å². The van der Waals surface area contributed by atoms with Crippen LogP contribution in [0.25, 0.3) is 0 Å². The molecule has 0 aliphatic rings. The van der Waals surface area contributed by atoms with E-state index in [9.17, 15) is 9.59 Å². The third-order valence-corrected chi connectivity index (χ3v) is 3.39. The lowest BCUT2D eigenvalue weighted by molar-refractivity contribution is -0.129. The Kier molecular flexibility index (Phi) is 5.95. The van der Waals surface area contributed by atoms with Gasteiger partial charge in [0.1, 0.15) is 5.75 Å². The third kappa shape index (κ3) is 5.76. The number of rotatable bonds is 5. The first-order valence-corrected chi connectivity index (χ1v) is 7.77. The maximum atomic E-state index is 11.8. The summed E-state index contributed by atoms with van der Waals surface area (Å²) >= 11 is 0. The SMILES string of the molecule is Cc1ccc(CC(=O)NNC(=O)COc2cc(C)cc(C)c2)cc1. The number of aryl methyl sites for hydroxylation is 3. The quantitative estimate of drug-likeness (QED) is 0.829. The zero-order valence-corrected chi connectivity index (χ0v) is 14.2. The van der Waals surface area contributed by atoms with Gasteiger partial charge in [0, 0.05) is 0 Å². The molecule has 126 valence electrons. The number of nitrogens with one attached hydrogen (secondary N) is 2. The second-order valence-corrected chi connectivity index (χ2v) is 5.87. The highest BCUT2D eigenvalue weighted by molar-refractivity contribution is 5.83. The van der Waals surface area contributed by atoms with E-state index in [0.29, 0.717) is 5.75 Å². The summed E-state index contributed by atoms with van der Waals surface area (Å²) in [7, 11) is 0. The lowest BCUT2D eigenvalue weighted by Gasteiger charge is -2.10. The van der Waals surface area contributed by atoms with Gasteiger partial charge in [-0.3, -0.25) is 20.4 Å². The largest absolute Gasteiger partial charge is 0.484 e. The number of hydrogen-bond acceptors (Lipinski definition) is 3. The summed E-state index contributed by atoms with van der Waals surface area (Å²) in [5.41, 5.74) is 8.89. The number of carbonyl (C=O) groups is 2. The molecule has 5 heteroatoms. The van der Waals surface area contributed by atoms with Gasteiger partial charge >= 0.3 is 0 Å². The third-order valence-electron chi connectivity index (χ3n) is 3.39. The van der Waals surface area contributed by atoms with E-state index < -0.39 is 5.91 Å². The molecule has 0 unspecified atom stereocenters. The van der Waals surface area contributed by atoms with Gasteiger partial charge in [-0.05, 0) is 49.6 Å². The minimum atomic E-state index is -0.411. The topological polar surface area (TPSA) is 67.4 Å². The number of carbonyl (C=O) groups excluding carboxylic acids is 2. The van der Waals surface area contributed by atoms with E-state index in [1.807, 2.05) is 63.2 Å². The van der Waals surface area contributed by atoms with Crippen LogP contribution in [0.2, 0.25) is 0 Å². The van der Waals surface area contributed by atoms with Gasteiger partial charge in [-0.15, -0.1) is 0 Å². The monoisotopic (exact) mass is 326 g/mol. The highest BCUT2D eigenvalue weighted by atomic mass is 16.5. The molecule has 5 nitrogen and oxygen atoms in total. The number of hydrazine groups is 1. The molecule has 2 N–H and O–H groups in total. The molecule has 0 fully saturated rings. The molecule has 0 aliphatic carbocycles. The van der Waals surface area contributed by atoms with E-state index in [1.165, 1.54) is 0 Å². The Morgan fingerprint density at radius 2 is 1.42 bits per heavy atom. The van der Waals surface area contributed by atoms with Crippen LogP contribution >= 0.6 is 0 Å². The first-order valence-electron chi connectivity index (χ1n) is 7.77. The molecule has 2 aromatic rings. The summed E-state index contributed by atoms with van der Waals surface area (Å²) in [5.74, 6) is -0.0568. The summed E-state index contributed by atoms with van der Waals surface area (Å²) in [6, 6.07) is 13.4. The van der Waals surface area contributed by atoms with Gasteiger partial charge in [0.15, 0.2) is 6.61 Å². The van der Waals surface area contributed by atoms with Crippen LogP contribution in [0.4, 0.5) is 0 Å². The zero-order valence-electron chi connectivity index (χ0n) is 14.2. The Bertz CT molecular complexity index is 704. The molecule has 0 saturated heterocycles. The normalized spacial score (nSPS) is 10.1. The second kappa shape index (κ2) is 8.15. The van der Waals surface area contributed by atoms with E-state index in [4.69, 9.17) is 4.74 Å². The van der Waals surface area contributed by atoms with Gasteiger partial charge in [0.05, 0.1) is 6.42 Å². The van der Waals surface area contributed by atoms with E-state index in [2.05, 4.69) is 10.9 Å². The average Bonchev–Trinajstić information content (AvgIpc) is 2.52. The molecule has 0 bridgehead atoms. The van der Waals surface area contributed by atoms with Crippen LogP contribution in [-0.2, 0) is 16.0 Å². The van der Waals surface area contributed by atoms with Crippen molar-refractivity contribution in [3.63, 3.8) is 0 Å². The van der Waals surface area contributed by atoms with Crippen LogP contribution < -0.4 is 15.6 Å². The van der Waals surface area contributed by atoms with E-state index in [-0.39, 0.29) is 18.9 Å². The summed E-state index contributed by atoms with van der Waals surface area (Å²) in [5, 5.41) is 0. The Balaban J connectivity index is 1.74. The van der Waals surface area contributed by atoms with Gasteiger partial charge in [-0.2, -0.15) is 0 Å². The second-order valence-electron chi connectivity index (χ2n) is 5.87. The fourth-order valence-corrected chi connectivity index (χ4v) is 2.28. The van der Waals surface area contributed by atoms with Crippen molar-refractivity contribution < 1.29 is 14.3 Å². The molecule has 0 atom stereocenters. The Morgan fingerprint density at radius 3 is 2.04 bits per heavy atom. The molecule has 2 aromatic carbocycles. The van der Waals surface area contributed by atoms with Gasteiger partial charge in [-0.1, -0.05) is 35.9 Å². The molecule has 0 aromatic heterocycles. The van der Waals surface area contributed by atoms with Crippen LogP contribution in [0.15, 0.2) is 42.5 Å². The van der Waals surface area contributed by atoms with E-state index in [1.54, 1.807) is 0 Å². The molecule has 0 saturated carbocycles. The fraction of sp³-hybridized carbons (Fsp3) is 0.263. The lowest BCUT2D eigenvalue weighted by atomic mass is 10.1. The van der Waals surface area contributed by atoms with Crippen molar-refractivity contribution in [2.45, 2.75) is 27.2 Å². The molecule has 24 heavy (non-hydrogen) atoms. The first-order chi connectivity index (χ1) is 11.4. The molecule has 0 aliphatic heterocycles. The van der Waals surface area contributed by atoms with Crippen LogP contribution in [0.1, 0.15) is 22.3 Å². The summed E-state index contributed by atoms with van der Waals surface area (Å²) in [6.07, 6.45) is 0.207. The smallest absolute Gasteiger partial charge is 0.276 e. The maximum absolute atomic E-state index is 11.8. The van der Waals surface area contributed by atoms with E-state index >= 15 is 0 Å². The first kappa shape index (κ1) is 17.5. The lowest BCUT2D eigenvalue weighted by Crippen LogP contribution is -2.44. The predicted octanol–water partition coefficient (Wildman–Crippen LogP) is 2.38. The van der Waals surface area contributed by atoms with Crippen LogP contribution in [0.3, 0.4) is 0 Å². The van der Waals surface area contributed by atoms with Crippen molar-refractivity contribution in [3.05, 3.63) is 64.7 Å². The summed E-state index contributed by atoms with van der Waals surface area (Å²) in [4.78, 5) is 23.5. The Hall–Kier alpha value is -2.82. The van der Waals surface area contributed by atoms with Crippen molar-refractivity contribution in [2.24, 2.45) is 0 Å².